The van der Waals surface area contributed by atoms with E-state index in [1.54, 1.807) is 23.5 Å². The molecule has 0 unspecified atom stereocenters. The van der Waals surface area contributed by atoms with E-state index in [0.29, 0.717) is 12.1 Å². The van der Waals surface area contributed by atoms with Gasteiger partial charge < -0.3 is 10.0 Å². The molecule has 1 aliphatic heterocycles. The first kappa shape index (κ1) is 16.4. The van der Waals surface area contributed by atoms with Crippen LogP contribution in [0.15, 0.2) is 23.6 Å². The molecule has 1 saturated heterocycles. The Balaban J connectivity index is 1.91. The molecule has 1 N–H and O–H groups in total. The summed E-state index contributed by atoms with van der Waals surface area (Å²) < 4.78 is 0.742. The van der Waals surface area contributed by atoms with E-state index >= 15 is 0 Å². The lowest BCUT2D eigenvalue weighted by atomic mass is 10.1. The van der Waals surface area contributed by atoms with E-state index in [4.69, 9.17) is 0 Å². The Labute approximate surface area is 151 Å². The highest BCUT2D eigenvalue weighted by molar-refractivity contribution is 14.1. The van der Waals surface area contributed by atoms with Crippen LogP contribution < -0.4 is 0 Å². The molecule has 0 saturated carbocycles. The molecular formula is C16H15IN2O3S. The number of carbonyl (C=O) groups excluding carboxylic acids is 1. The molecule has 7 heteroatoms. The highest BCUT2D eigenvalue weighted by Crippen LogP contribution is 2.35. The highest BCUT2D eigenvalue weighted by atomic mass is 127. The van der Waals surface area contributed by atoms with Crippen LogP contribution in [0.2, 0.25) is 0 Å². The number of aromatic carboxylic acids is 1. The fraction of sp³-hybridized carbons (Fsp3) is 0.312. The maximum atomic E-state index is 12.9. The Hall–Kier alpha value is -1.48. The van der Waals surface area contributed by atoms with Gasteiger partial charge in [0, 0.05) is 26.8 Å². The van der Waals surface area contributed by atoms with Gasteiger partial charge in [-0.15, -0.1) is 11.3 Å². The zero-order chi connectivity index (χ0) is 16.6. The van der Waals surface area contributed by atoms with Crippen molar-refractivity contribution in [1.29, 1.82) is 0 Å². The monoisotopic (exact) mass is 442 g/mol. The van der Waals surface area contributed by atoms with Crippen molar-refractivity contribution in [2.24, 2.45) is 0 Å². The van der Waals surface area contributed by atoms with Gasteiger partial charge in [0.2, 0.25) is 0 Å². The van der Waals surface area contributed by atoms with Gasteiger partial charge in [-0.05, 0) is 60.6 Å². The Morgan fingerprint density at radius 2 is 2.09 bits per heavy atom. The molecule has 0 radical (unpaired) electrons. The van der Waals surface area contributed by atoms with Crippen molar-refractivity contribution in [2.45, 2.75) is 25.8 Å². The zero-order valence-corrected chi connectivity index (χ0v) is 15.4. The predicted octanol–water partition coefficient (Wildman–Crippen LogP) is 3.73. The number of aryl methyl sites for hydroxylation is 1. The maximum Gasteiger partial charge on any atom is 0.335 e. The summed E-state index contributed by atoms with van der Waals surface area (Å²) in [6.45, 7) is 2.62. The van der Waals surface area contributed by atoms with Crippen molar-refractivity contribution < 1.29 is 14.7 Å². The van der Waals surface area contributed by atoms with Crippen molar-refractivity contribution in [2.75, 3.05) is 6.54 Å². The molecule has 0 aliphatic carbocycles. The summed E-state index contributed by atoms with van der Waals surface area (Å²) in [5.74, 6) is -1.15. The molecule has 1 aromatic carbocycles. The molecule has 0 spiro atoms. The topological polar surface area (TPSA) is 70.5 Å². The van der Waals surface area contributed by atoms with Gasteiger partial charge in [-0.3, -0.25) is 4.79 Å². The summed E-state index contributed by atoms with van der Waals surface area (Å²) in [6.07, 6.45) is 1.83. The van der Waals surface area contributed by atoms with Crippen LogP contribution in [0.1, 0.15) is 50.3 Å². The fourth-order valence-electron chi connectivity index (χ4n) is 2.79. The molecule has 2 heterocycles. The molecule has 3 rings (SSSR count). The number of nitrogens with zero attached hydrogens (tertiary/aromatic N) is 2. The molecule has 1 aliphatic rings. The molecule has 23 heavy (non-hydrogen) atoms. The van der Waals surface area contributed by atoms with Gasteiger partial charge in [0.05, 0.1) is 11.6 Å². The van der Waals surface area contributed by atoms with Crippen molar-refractivity contribution in [3.63, 3.8) is 0 Å². The molecule has 1 atom stereocenters. The molecular weight excluding hydrogens is 427 g/mol. The van der Waals surface area contributed by atoms with E-state index in [0.717, 1.165) is 27.1 Å². The van der Waals surface area contributed by atoms with Crippen LogP contribution in [0.4, 0.5) is 0 Å². The second kappa shape index (κ2) is 6.56. The first-order valence-corrected chi connectivity index (χ1v) is 9.18. The average molecular weight is 442 g/mol. The Morgan fingerprint density at radius 3 is 2.74 bits per heavy atom. The van der Waals surface area contributed by atoms with Crippen LogP contribution >= 0.6 is 33.9 Å². The van der Waals surface area contributed by atoms with Gasteiger partial charge in [0.1, 0.15) is 5.01 Å². The minimum absolute atomic E-state index is 0.00709. The molecule has 1 amide bonds. The van der Waals surface area contributed by atoms with Gasteiger partial charge in [-0.1, -0.05) is 0 Å². The lowest BCUT2D eigenvalue weighted by Gasteiger charge is -2.23. The van der Waals surface area contributed by atoms with Gasteiger partial charge >= 0.3 is 5.97 Å². The minimum atomic E-state index is -1.02. The SMILES string of the molecule is Cc1csc([C@H]2CCCN2C(=O)c2cc(I)cc(C(=O)O)c2)n1. The van der Waals surface area contributed by atoms with Crippen LogP contribution in [0.3, 0.4) is 0 Å². The average Bonchev–Trinajstić information content (AvgIpc) is 3.14. The number of hydrogen-bond donors (Lipinski definition) is 1. The number of carboxylic acids is 1. The number of halogens is 1. The first-order valence-electron chi connectivity index (χ1n) is 7.22. The molecule has 120 valence electrons. The quantitative estimate of drug-likeness (QED) is 0.736. The van der Waals surface area contributed by atoms with E-state index in [2.05, 4.69) is 4.98 Å². The van der Waals surface area contributed by atoms with Crippen molar-refractivity contribution >= 4 is 45.8 Å². The zero-order valence-electron chi connectivity index (χ0n) is 12.5. The van der Waals surface area contributed by atoms with Crippen LogP contribution in [-0.4, -0.2) is 33.4 Å². The minimum Gasteiger partial charge on any atom is -0.478 e. The van der Waals surface area contributed by atoms with Crippen molar-refractivity contribution in [1.82, 2.24) is 9.88 Å². The van der Waals surface area contributed by atoms with E-state index in [1.807, 2.05) is 39.8 Å². The van der Waals surface area contributed by atoms with E-state index in [9.17, 15) is 14.7 Å². The number of likely N-dealkylation sites (tertiary alicyclic amines) is 1. The van der Waals surface area contributed by atoms with Gasteiger partial charge in [0.15, 0.2) is 0 Å². The smallest absolute Gasteiger partial charge is 0.335 e. The third-order valence-electron chi connectivity index (χ3n) is 3.83. The highest BCUT2D eigenvalue weighted by Gasteiger charge is 2.32. The Bertz CT molecular complexity index is 774. The Morgan fingerprint density at radius 1 is 1.35 bits per heavy atom. The summed E-state index contributed by atoms with van der Waals surface area (Å²) in [4.78, 5) is 30.4. The number of carbonyl (C=O) groups is 2. The van der Waals surface area contributed by atoms with Crippen LogP contribution in [0.5, 0.6) is 0 Å². The fourth-order valence-corrected chi connectivity index (χ4v) is 4.41. The Kier molecular flexibility index (Phi) is 4.67. The predicted molar refractivity (Wildman–Crippen MR) is 96.0 cm³/mol. The molecule has 1 fully saturated rings. The summed E-state index contributed by atoms with van der Waals surface area (Å²) in [5.41, 5.74) is 1.53. The van der Waals surface area contributed by atoms with Crippen LogP contribution in [0, 0.1) is 10.5 Å². The summed E-state index contributed by atoms with van der Waals surface area (Å²) in [6, 6.07) is 4.74. The first-order chi connectivity index (χ1) is 11.0. The lowest BCUT2D eigenvalue weighted by Crippen LogP contribution is -2.30. The number of thiazole rings is 1. The third-order valence-corrected chi connectivity index (χ3v) is 5.51. The number of hydrogen-bond acceptors (Lipinski definition) is 4. The summed E-state index contributed by atoms with van der Waals surface area (Å²) in [7, 11) is 0. The van der Waals surface area contributed by atoms with Crippen LogP contribution in [0.25, 0.3) is 0 Å². The van der Waals surface area contributed by atoms with Gasteiger partial charge in [-0.25, -0.2) is 9.78 Å². The third kappa shape index (κ3) is 3.40. The number of rotatable bonds is 3. The number of aromatic nitrogens is 1. The largest absolute Gasteiger partial charge is 0.478 e. The molecule has 2 aromatic rings. The van der Waals surface area contributed by atoms with Gasteiger partial charge in [0.25, 0.3) is 5.91 Å². The van der Waals surface area contributed by atoms with Crippen molar-refractivity contribution in [3.8, 4) is 0 Å². The van der Waals surface area contributed by atoms with Crippen molar-refractivity contribution in [3.05, 3.63) is 49.0 Å². The maximum absolute atomic E-state index is 12.9. The number of benzene rings is 1. The second-order valence-electron chi connectivity index (χ2n) is 5.52. The van der Waals surface area contributed by atoms with Gasteiger partial charge in [-0.2, -0.15) is 0 Å². The van der Waals surface area contributed by atoms with E-state index in [-0.39, 0.29) is 17.5 Å². The van der Waals surface area contributed by atoms with E-state index < -0.39 is 5.97 Å². The normalized spacial score (nSPS) is 17.5. The summed E-state index contributed by atoms with van der Waals surface area (Å²) >= 11 is 3.61. The number of carboxylic acid groups (broad SMARTS) is 1. The summed E-state index contributed by atoms with van der Waals surface area (Å²) in [5, 5.41) is 12.1. The molecule has 1 aromatic heterocycles. The molecule has 5 nitrogen and oxygen atoms in total. The standard InChI is InChI=1S/C16H15IN2O3S/c1-9-8-23-14(18-9)13-3-2-4-19(13)15(20)10-5-11(16(21)22)7-12(17)6-10/h5-8,13H,2-4H2,1H3,(H,21,22)/t13-/m1/s1. The second-order valence-corrected chi connectivity index (χ2v) is 7.65. The number of amides is 1. The van der Waals surface area contributed by atoms with E-state index in [1.165, 1.54) is 6.07 Å². The molecule has 0 bridgehead atoms. The van der Waals surface area contributed by atoms with Crippen LogP contribution in [-0.2, 0) is 0 Å². The lowest BCUT2D eigenvalue weighted by molar-refractivity contribution is 0.0696.